The van der Waals surface area contributed by atoms with E-state index < -0.39 is 0 Å². The van der Waals surface area contributed by atoms with Crippen LogP contribution in [0.4, 0.5) is 4.39 Å². The third-order valence-corrected chi connectivity index (χ3v) is 4.15. The molecule has 1 atom stereocenters. The number of aliphatic hydroxyl groups excluding tert-OH is 1. The molecule has 22 heavy (non-hydrogen) atoms. The van der Waals surface area contributed by atoms with Crippen LogP contribution >= 0.6 is 0 Å². The fourth-order valence-corrected chi connectivity index (χ4v) is 3.23. The molecule has 0 aromatic heterocycles. The van der Waals surface area contributed by atoms with Crippen molar-refractivity contribution in [3.63, 3.8) is 0 Å². The lowest BCUT2D eigenvalue weighted by molar-refractivity contribution is 0.0382. The van der Waals surface area contributed by atoms with Gasteiger partial charge in [0, 0.05) is 45.4 Å². The fraction of sp³-hybridized carbons (Fsp3) is 0.667. The smallest absolute Gasteiger partial charge is 0.123 e. The minimum absolute atomic E-state index is 0.189. The van der Waals surface area contributed by atoms with Gasteiger partial charge in [0.15, 0.2) is 0 Å². The summed E-state index contributed by atoms with van der Waals surface area (Å²) >= 11 is 0. The summed E-state index contributed by atoms with van der Waals surface area (Å²) < 4.78 is 13.0. The number of hydrogen-bond acceptors (Lipinski definition) is 3. The fourth-order valence-electron chi connectivity index (χ4n) is 3.23. The molecule has 1 aliphatic heterocycles. The Morgan fingerprint density at radius 1 is 1.18 bits per heavy atom. The van der Waals surface area contributed by atoms with E-state index in [2.05, 4.69) is 30.6 Å². The Morgan fingerprint density at radius 3 is 2.45 bits per heavy atom. The number of rotatable bonds is 5. The lowest BCUT2D eigenvalue weighted by Gasteiger charge is -2.43. The van der Waals surface area contributed by atoms with Gasteiger partial charge in [-0.2, -0.15) is 0 Å². The summed E-state index contributed by atoms with van der Waals surface area (Å²) in [6.45, 7) is 12.0. The predicted molar refractivity (Wildman–Crippen MR) is 88.2 cm³/mol. The van der Waals surface area contributed by atoms with Gasteiger partial charge in [0.1, 0.15) is 5.82 Å². The molecular formula is C18H29FN2O. The second kappa shape index (κ2) is 7.53. The monoisotopic (exact) mass is 308 g/mol. The summed E-state index contributed by atoms with van der Waals surface area (Å²) in [6, 6.07) is 7.12. The van der Waals surface area contributed by atoms with Crippen molar-refractivity contribution in [3.05, 3.63) is 35.6 Å². The van der Waals surface area contributed by atoms with Gasteiger partial charge >= 0.3 is 0 Å². The van der Waals surface area contributed by atoms with Crippen LogP contribution in [0.25, 0.3) is 0 Å². The molecule has 0 amide bonds. The summed E-state index contributed by atoms with van der Waals surface area (Å²) in [5, 5.41) is 9.36. The molecule has 0 saturated carbocycles. The van der Waals surface area contributed by atoms with Crippen LogP contribution in [0.5, 0.6) is 0 Å². The van der Waals surface area contributed by atoms with Gasteiger partial charge in [-0.15, -0.1) is 0 Å². The lowest BCUT2D eigenvalue weighted by Crippen LogP contribution is -2.54. The number of nitrogens with zero attached hydrogens (tertiary/aromatic N) is 2. The molecule has 0 radical (unpaired) electrons. The molecular weight excluding hydrogens is 279 g/mol. The zero-order valence-electron chi connectivity index (χ0n) is 14.1. The van der Waals surface area contributed by atoms with E-state index in [9.17, 15) is 9.50 Å². The molecule has 0 spiro atoms. The van der Waals surface area contributed by atoms with Crippen LogP contribution in [-0.2, 0) is 6.54 Å². The molecule has 1 aromatic rings. The van der Waals surface area contributed by atoms with Gasteiger partial charge in [0.25, 0.3) is 0 Å². The molecule has 1 heterocycles. The van der Waals surface area contributed by atoms with Crippen molar-refractivity contribution in [1.82, 2.24) is 9.80 Å². The highest BCUT2D eigenvalue weighted by atomic mass is 19.1. The van der Waals surface area contributed by atoms with Crippen LogP contribution in [0.2, 0.25) is 0 Å². The quantitative estimate of drug-likeness (QED) is 0.906. The second-order valence-electron chi connectivity index (χ2n) is 7.56. The molecule has 1 fully saturated rings. The van der Waals surface area contributed by atoms with Gasteiger partial charge in [-0.25, -0.2) is 4.39 Å². The van der Waals surface area contributed by atoms with Gasteiger partial charge in [0.2, 0.25) is 0 Å². The van der Waals surface area contributed by atoms with E-state index in [1.807, 2.05) is 12.1 Å². The van der Waals surface area contributed by atoms with Gasteiger partial charge < -0.3 is 5.11 Å². The number of aliphatic hydroxyl groups is 1. The first kappa shape index (κ1) is 17.4. The lowest BCUT2D eigenvalue weighted by atomic mass is 9.95. The topological polar surface area (TPSA) is 26.7 Å². The summed E-state index contributed by atoms with van der Waals surface area (Å²) in [6.07, 6.45) is 0.793. The Bertz CT molecular complexity index is 455. The first-order chi connectivity index (χ1) is 10.4. The SMILES string of the molecule is CC(C)(C)CN1CCN(Cc2ccc(F)cc2)[C@H](CCO)C1. The predicted octanol–water partition coefficient (Wildman–Crippen LogP) is 2.74. The van der Waals surface area contributed by atoms with Crippen molar-refractivity contribution in [2.75, 3.05) is 32.8 Å². The Hall–Kier alpha value is -0.970. The maximum Gasteiger partial charge on any atom is 0.123 e. The third-order valence-electron chi connectivity index (χ3n) is 4.15. The average molecular weight is 308 g/mol. The van der Waals surface area contributed by atoms with E-state index >= 15 is 0 Å². The van der Waals surface area contributed by atoms with Crippen molar-refractivity contribution in [2.24, 2.45) is 5.41 Å². The zero-order valence-corrected chi connectivity index (χ0v) is 14.1. The maximum absolute atomic E-state index is 13.0. The Labute approximate surface area is 133 Å². The first-order valence-corrected chi connectivity index (χ1v) is 8.19. The molecule has 2 rings (SSSR count). The maximum atomic E-state index is 13.0. The molecule has 4 heteroatoms. The molecule has 1 N–H and O–H groups in total. The molecule has 1 saturated heterocycles. The molecule has 124 valence electrons. The largest absolute Gasteiger partial charge is 0.396 e. The van der Waals surface area contributed by atoms with E-state index in [-0.39, 0.29) is 12.4 Å². The van der Waals surface area contributed by atoms with Gasteiger partial charge in [-0.05, 0) is 29.5 Å². The van der Waals surface area contributed by atoms with E-state index in [1.165, 1.54) is 12.1 Å². The number of hydrogen-bond donors (Lipinski definition) is 1. The van der Waals surface area contributed by atoms with Gasteiger partial charge in [0.05, 0.1) is 0 Å². The average Bonchev–Trinajstić information content (AvgIpc) is 2.43. The van der Waals surface area contributed by atoms with E-state index in [4.69, 9.17) is 0 Å². The minimum atomic E-state index is -0.189. The number of piperazine rings is 1. The van der Waals surface area contributed by atoms with Crippen LogP contribution in [0.1, 0.15) is 32.8 Å². The molecule has 3 nitrogen and oxygen atoms in total. The van der Waals surface area contributed by atoms with E-state index in [1.54, 1.807) is 0 Å². The Kier molecular flexibility index (Phi) is 5.95. The van der Waals surface area contributed by atoms with Crippen LogP contribution in [0.3, 0.4) is 0 Å². The van der Waals surface area contributed by atoms with E-state index in [0.29, 0.717) is 11.5 Å². The van der Waals surface area contributed by atoms with Crippen LogP contribution in [-0.4, -0.2) is 53.7 Å². The van der Waals surface area contributed by atoms with Gasteiger partial charge in [-0.3, -0.25) is 9.80 Å². The normalized spacial score (nSPS) is 21.2. The summed E-state index contributed by atoms with van der Waals surface area (Å²) in [7, 11) is 0. The minimum Gasteiger partial charge on any atom is -0.396 e. The van der Waals surface area contributed by atoms with Crippen LogP contribution in [0, 0.1) is 11.2 Å². The zero-order chi connectivity index (χ0) is 16.2. The molecule has 0 aliphatic carbocycles. The Balaban J connectivity index is 1.97. The highest BCUT2D eigenvalue weighted by Crippen LogP contribution is 2.21. The number of benzene rings is 1. The molecule has 0 unspecified atom stereocenters. The first-order valence-electron chi connectivity index (χ1n) is 8.19. The van der Waals surface area contributed by atoms with Gasteiger partial charge in [-0.1, -0.05) is 32.9 Å². The van der Waals surface area contributed by atoms with E-state index in [0.717, 1.165) is 44.7 Å². The van der Waals surface area contributed by atoms with Crippen LogP contribution < -0.4 is 0 Å². The number of halogens is 1. The highest BCUT2D eigenvalue weighted by Gasteiger charge is 2.28. The standard InChI is InChI=1S/C18H29FN2O/c1-18(2,3)14-20-9-10-21(17(13-20)8-11-22)12-15-4-6-16(19)7-5-15/h4-7,17,22H,8-14H2,1-3H3/t17-/m1/s1. The summed E-state index contributed by atoms with van der Waals surface area (Å²) in [5.41, 5.74) is 1.43. The third kappa shape index (κ3) is 5.34. The molecule has 0 bridgehead atoms. The summed E-state index contributed by atoms with van der Waals surface area (Å²) in [5.74, 6) is -0.189. The summed E-state index contributed by atoms with van der Waals surface area (Å²) in [4.78, 5) is 4.92. The van der Waals surface area contributed by atoms with Crippen molar-refractivity contribution in [2.45, 2.75) is 39.8 Å². The molecule has 1 aliphatic rings. The van der Waals surface area contributed by atoms with Crippen molar-refractivity contribution in [1.29, 1.82) is 0 Å². The van der Waals surface area contributed by atoms with Crippen molar-refractivity contribution < 1.29 is 9.50 Å². The molecule has 1 aromatic carbocycles. The second-order valence-corrected chi connectivity index (χ2v) is 7.56. The van der Waals surface area contributed by atoms with Crippen molar-refractivity contribution in [3.8, 4) is 0 Å². The van der Waals surface area contributed by atoms with Crippen LogP contribution in [0.15, 0.2) is 24.3 Å². The van der Waals surface area contributed by atoms with Crippen molar-refractivity contribution >= 4 is 0 Å². The highest BCUT2D eigenvalue weighted by molar-refractivity contribution is 5.16. The Morgan fingerprint density at radius 2 is 1.86 bits per heavy atom.